The van der Waals surface area contributed by atoms with Gasteiger partial charge in [0, 0.05) is 22.5 Å². The molecule has 0 saturated carbocycles. The molecule has 2 aromatic rings. The first-order valence-corrected chi connectivity index (χ1v) is 11.4. The molecule has 174 valence electrons. The molecule has 0 aliphatic carbocycles. The predicted molar refractivity (Wildman–Crippen MR) is 118 cm³/mol. The van der Waals surface area contributed by atoms with Crippen molar-refractivity contribution in [1.29, 1.82) is 0 Å². The summed E-state index contributed by atoms with van der Waals surface area (Å²) in [6.07, 6.45) is -4.43. The fourth-order valence-electron chi connectivity index (χ4n) is 3.61. The lowest BCUT2D eigenvalue weighted by atomic mass is 10.1. The van der Waals surface area contributed by atoms with Gasteiger partial charge in [-0.05, 0) is 52.8 Å². The van der Waals surface area contributed by atoms with Gasteiger partial charge in [-0.2, -0.15) is 18.3 Å². The van der Waals surface area contributed by atoms with Gasteiger partial charge in [-0.1, -0.05) is 6.07 Å². The van der Waals surface area contributed by atoms with Gasteiger partial charge in [-0.25, -0.2) is 4.68 Å². The van der Waals surface area contributed by atoms with Crippen molar-refractivity contribution in [3.8, 4) is 5.69 Å². The Morgan fingerprint density at radius 3 is 2.53 bits per heavy atom. The van der Waals surface area contributed by atoms with Crippen LogP contribution in [0.2, 0.25) is 0 Å². The molecule has 1 saturated heterocycles. The molecule has 1 aliphatic rings. The van der Waals surface area contributed by atoms with Crippen molar-refractivity contribution in [3.63, 3.8) is 0 Å². The lowest BCUT2D eigenvalue weighted by Gasteiger charge is -2.27. The third-order valence-corrected chi connectivity index (χ3v) is 6.20. The molecule has 0 radical (unpaired) electrons. The Hall–Kier alpha value is -2.49. The Labute approximate surface area is 189 Å². The standard InChI is InChI=1S/C22H27F3N4O2S/c1-13-17(10-19(30)28-12-32-11-18(28)20(31)26-21(3,4)5)14(2)29(27-13)16-8-6-7-15(9-16)22(23,24)25/h6-9,18H,10-12H2,1-5H3,(H,26,31). The van der Waals surface area contributed by atoms with E-state index in [0.29, 0.717) is 28.6 Å². The average molecular weight is 469 g/mol. The van der Waals surface area contributed by atoms with E-state index in [4.69, 9.17) is 0 Å². The number of aromatic nitrogens is 2. The van der Waals surface area contributed by atoms with Crippen LogP contribution >= 0.6 is 11.8 Å². The van der Waals surface area contributed by atoms with Gasteiger partial charge in [0.1, 0.15) is 6.04 Å². The molecule has 6 nitrogen and oxygen atoms in total. The number of alkyl halides is 3. The zero-order valence-electron chi connectivity index (χ0n) is 18.7. The molecule has 0 bridgehead atoms. The number of halogens is 3. The number of aryl methyl sites for hydroxylation is 1. The van der Waals surface area contributed by atoms with Crippen LogP contribution in [0, 0.1) is 13.8 Å². The van der Waals surface area contributed by atoms with Gasteiger partial charge >= 0.3 is 6.18 Å². The van der Waals surface area contributed by atoms with Crippen molar-refractivity contribution in [3.05, 3.63) is 46.8 Å². The van der Waals surface area contributed by atoms with Crippen molar-refractivity contribution < 1.29 is 22.8 Å². The molecule has 1 fully saturated rings. The van der Waals surface area contributed by atoms with E-state index < -0.39 is 23.3 Å². The van der Waals surface area contributed by atoms with Gasteiger partial charge in [0.2, 0.25) is 11.8 Å². The van der Waals surface area contributed by atoms with Gasteiger partial charge in [0.25, 0.3) is 0 Å². The van der Waals surface area contributed by atoms with Crippen LogP contribution in [-0.4, -0.2) is 49.7 Å². The second-order valence-electron chi connectivity index (χ2n) is 8.90. The minimum Gasteiger partial charge on any atom is -0.350 e. The molecule has 1 aliphatic heterocycles. The number of hydrogen-bond donors (Lipinski definition) is 1. The van der Waals surface area contributed by atoms with E-state index in [2.05, 4.69) is 10.4 Å². The van der Waals surface area contributed by atoms with Gasteiger partial charge in [0.15, 0.2) is 0 Å². The number of amides is 2. The number of carbonyl (C=O) groups excluding carboxylic acids is 2. The molecule has 10 heteroatoms. The second-order valence-corrected chi connectivity index (χ2v) is 9.90. The molecule has 2 heterocycles. The number of nitrogens with zero attached hydrogens (tertiary/aromatic N) is 3. The summed E-state index contributed by atoms with van der Waals surface area (Å²) in [5.74, 6) is 0.540. The maximum Gasteiger partial charge on any atom is 0.416 e. The molecular weight excluding hydrogens is 441 g/mol. The third-order valence-electron chi connectivity index (χ3n) is 5.19. The van der Waals surface area contributed by atoms with Gasteiger partial charge in [-0.3, -0.25) is 9.59 Å². The van der Waals surface area contributed by atoms with Crippen LogP contribution in [0.1, 0.15) is 43.3 Å². The van der Waals surface area contributed by atoms with Gasteiger partial charge in [-0.15, -0.1) is 11.8 Å². The first kappa shape index (κ1) is 24.2. The molecule has 32 heavy (non-hydrogen) atoms. The normalized spacial score (nSPS) is 17.0. The lowest BCUT2D eigenvalue weighted by molar-refractivity contribution is -0.138. The summed E-state index contributed by atoms with van der Waals surface area (Å²) in [7, 11) is 0. The molecule has 1 aromatic heterocycles. The molecule has 0 spiro atoms. The van der Waals surface area contributed by atoms with Crippen molar-refractivity contribution >= 4 is 23.6 Å². The highest BCUT2D eigenvalue weighted by Crippen LogP contribution is 2.31. The maximum absolute atomic E-state index is 13.1. The summed E-state index contributed by atoms with van der Waals surface area (Å²) in [6, 6.07) is 4.37. The summed E-state index contributed by atoms with van der Waals surface area (Å²) in [6.45, 7) is 9.10. The topological polar surface area (TPSA) is 67.2 Å². The number of thioether (sulfide) groups is 1. The maximum atomic E-state index is 13.1. The SMILES string of the molecule is Cc1nn(-c2cccc(C(F)(F)F)c2)c(C)c1CC(=O)N1CSCC1C(=O)NC(C)(C)C. The highest BCUT2D eigenvalue weighted by atomic mass is 32.2. The Balaban J connectivity index is 1.82. The zero-order chi connectivity index (χ0) is 23.8. The molecule has 1 atom stereocenters. The minimum atomic E-state index is -4.46. The number of carbonyl (C=O) groups is 2. The van der Waals surface area contributed by atoms with Crippen LogP contribution in [0.15, 0.2) is 24.3 Å². The lowest BCUT2D eigenvalue weighted by Crippen LogP contribution is -2.52. The zero-order valence-corrected chi connectivity index (χ0v) is 19.5. The predicted octanol–water partition coefficient (Wildman–Crippen LogP) is 3.87. The van der Waals surface area contributed by atoms with Crippen LogP contribution in [0.4, 0.5) is 13.2 Å². The Morgan fingerprint density at radius 1 is 1.22 bits per heavy atom. The van der Waals surface area contributed by atoms with Crippen molar-refractivity contribution in [2.75, 3.05) is 11.6 Å². The van der Waals surface area contributed by atoms with E-state index in [1.165, 1.54) is 22.5 Å². The highest BCUT2D eigenvalue weighted by Gasteiger charge is 2.36. The smallest absolute Gasteiger partial charge is 0.350 e. The molecule has 1 unspecified atom stereocenters. The summed E-state index contributed by atoms with van der Waals surface area (Å²) in [5.41, 5.74) is 0.922. The molecule has 3 rings (SSSR count). The Morgan fingerprint density at radius 2 is 1.91 bits per heavy atom. The minimum absolute atomic E-state index is 0.0243. The summed E-state index contributed by atoms with van der Waals surface area (Å²) in [4.78, 5) is 27.3. The van der Waals surface area contributed by atoms with E-state index >= 15 is 0 Å². The van der Waals surface area contributed by atoms with E-state index in [9.17, 15) is 22.8 Å². The van der Waals surface area contributed by atoms with Crippen molar-refractivity contribution in [2.24, 2.45) is 0 Å². The van der Waals surface area contributed by atoms with E-state index in [1.807, 2.05) is 20.8 Å². The van der Waals surface area contributed by atoms with Crippen LogP contribution in [0.25, 0.3) is 5.69 Å². The summed E-state index contributed by atoms with van der Waals surface area (Å²) >= 11 is 1.51. The van der Waals surface area contributed by atoms with Crippen LogP contribution in [0.5, 0.6) is 0 Å². The second kappa shape index (κ2) is 8.80. The molecular formula is C22H27F3N4O2S. The first-order valence-electron chi connectivity index (χ1n) is 10.2. The summed E-state index contributed by atoms with van der Waals surface area (Å²) in [5, 5.41) is 7.30. The van der Waals surface area contributed by atoms with Gasteiger partial charge < -0.3 is 10.2 Å². The number of hydrogen-bond acceptors (Lipinski definition) is 4. The molecule has 1 aromatic carbocycles. The number of rotatable bonds is 4. The number of benzene rings is 1. The molecule has 1 N–H and O–H groups in total. The Bertz CT molecular complexity index is 1030. The van der Waals surface area contributed by atoms with Gasteiger partial charge in [0.05, 0.1) is 29.2 Å². The largest absolute Gasteiger partial charge is 0.416 e. The van der Waals surface area contributed by atoms with E-state index in [0.717, 1.165) is 12.1 Å². The van der Waals surface area contributed by atoms with Crippen LogP contribution in [0.3, 0.4) is 0 Å². The summed E-state index contributed by atoms with van der Waals surface area (Å²) < 4.78 is 40.7. The fourth-order valence-corrected chi connectivity index (χ4v) is 4.79. The third kappa shape index (κ3) is 5.28. The average Bonchev–Trinajstić information content (AvgIpc) is 3.27. The van der Waals surface area contributed by atoms with Crippen molar-refractivity contribution in [2.45, 2.75) is 58.8 Å². The Kier molecular flexibility index (Phi) is 6.65. The van der Waals surface area contributed by atoms with Crippen molar-refractivity contribution in [1.82, 2.24) is 20.0 Å². The van der Waals surface area contributed by atoms with E-state index in [-0.39, 0.29) is 23.9 Å². The quantitative estimate of drug-likeness (QED) is 0.740. The fraction of sp³-hybridized carbons (Fsp3) is 0.500. The highest BCUT2D eigenvalue weighted by molar-refractivity contribution is 7.99. The van der Waals surface area contributed by atoms with Crippen LogP contribution < -0.4 is 5.32 Å². The molecule has 2 amide bonds. The van der Waals surface area contributed by atoms with Crippen LogP contribution in [-0.2, 0) is 22.2 Å². The monoisotopic (exact) mass is 468 g/mol. The number of nitrogens with one attached hydrogen (secondary N) is 1. The van der Waals surface area contributed by atoms with E-state index in [1.54, 1.807) is 24.8 Å². The first-order chi connectivity index (χ1) is 14.8.